The van der Waals surface area contributed by atoms with Gasteiger partial charge in [-0.15, -0.1) is 0 Å². The summed E-state index contributed by atoms with van der Waals surface area (Å²) in [4.78, 5) is 1.34. The van der Waals surface area contributed by atoms with E-state index < -0.39 is 11.6 Å². The molecule has 0 radical (unpaired) electrons. The van der Waals surface area contributed by atoms with Crippen LogP contribution in [0.2, 0.25) is 0 Å². The molecule has 0 aliphatic rings. The van der Waals surface area contributed by atoms with Crippen LogP contribution in [-0.4, -0.2) is 12.2 Å². The van der Waals surface area contributed by atoms with Gasteiger partial charge in [-0.05, 0) is 29.8 Å². The smallest absolute Gasteiger partial charge is 0.150 e. The topological polar surface area (TPSA) is 49.5 Å². The Bertz CT molecular complexity index is 579. The Labute approximate surface area is 109 Å². The molecule has 2 aromatic carbocycles. The van der Waals surface area contributed by atoms with Gasteiger partial charge in [0.15, 0.2) is 0 Å². The Morgan fingerprint density at radius 2 is 1.79 bits per heavy atom. The molecule has 0 amide bonds. The Hall–Kier alpha value is -2.14. The number of phenolic OH excluding ortho intramolecular Hbond substituents is 1. The summed E-state index contributed by atoms with van der Waals surface area (Å²) in [5, 5.41) is 9.40. The van der Waals surface area contributed by atoms with Gasteiger partial charge in [-0.1, -0.05) is 6.07 Å². The zero-order valence-electron chi connectivity index (χ0n) is 10.4. The first-order valence-electron chi connectivity index (χ1n) is 5.73. The van der Waals surface area contributed by atoms with Crippen molar-refractivity contribution in [1.29, 1.82) is 0 Å². The van der Waals surface area contributed by atoms with Crippen LogP contribution in [0.5, 0.6) is 5.75 Å². The van der Waals surface area contributed by atoms with Gasteiger partial charge in [0.1, 0.15) is 23.1 Å². The minimum atomic E-state index is -0.689. The maximum Gasteiger partial charge on any atom is 0.150 e. The van der Waals surface area contributed by atoms with E-state index in [1.54, 1.807) is 12.1 Å². The first-order chi connectivity index (χ1) is 9.02. The fraction of sp³-hybridized carbons (Fsp3) is 0.143. The zero-order valence-corrected chi connectivity index (χ0v) is 10.4. The van der Waals surface area contributed by atoms with E-state index in [9.17, 15) is 13.9 Å². The van der Waals surface area contributed by atoms with E-state index in [2.05, 4.69) is 0 Å². The van der Waals surface area contributed by atoms with E-state index in [0.717, 1.165) is 0 Å². The van der Waals surface area contributed by atoms with E-state index in [1.807, 2.05) is 0 Å². The second-order valence-corrected chi connectivity index (χ2v) is 4.19. The van der Waals surface area contributed by atoms with Crippen LogP contribution in [0.1, 0.15) is 5.56 Å². The molecule has 0 bridgehead atoms. The fourth-order valence-electron chi connectivity index (χ4n) is 1.89. The van der Waals surface area contributed by atoms with Gasteiger partial charge in [0.2, 0.25) is 0 Å². The molecular formula is C14H14F2N2O. The van der Waals surface area contributed by atoms with Gasteiger partial charge < -0.3 is 15.7 Å². The largest absolute Gasteiger partial charge is 0.508 e. The zero-order chi connectivity index (χ0) is 14.0. The summed E-state index contributed by atoms with van der Waals surface area (Å²) in [6.45, 7) is 0.0734. The summed E-state index contributed by atoms with van der Waals surface area (Å²) in [7, 11) is 1.53. The van der Waals surface area contributed by atoms with Gasteiger partial charge in [-0.3, -0.25) is 0 Å². The quantitative estimate of drug-likeness (QED) is 0.896. The van der Waals surface area contributed by atoms with Crippen LogP contribution < -0.4 is 10.6 Å². The molecule has 3 N–H and O–H groups in total. The van der Waals surface area contributed by atoms with Crippen molar-refractivity contribution < 1.29 is 13.9 Å². The molecule has 2 rings (SSSR count). The van der Waals surface area contributed by atoms with Crippen LogP contribution in [0, 0.1) is 11.6 Å². The second kappa shape index (κ2) is 5.24. The lowest BCUT2D eigenvalue weighted by Gasteiger charge is -2.21. The van der Waals surface area contributed by atoms with Gasteiger partial charge in [0.05, 0.1) is 0 Å². The summed E-state index contributed by atoms with van der Waals surface area (Å²) in [5.74, 6) is -1.35. The van der Waals surface area contributed by atoms with Gasteiger partial charge in [-0.2, -0.15) is 0 Å². The number of hydrogen-bond donors (Lipinski definition) is 2. The third kappa shape index (κ3) is 2.66. The van der Waals surface area contributed by atoms with Crippen LogP contribution in [0.25, 0.3) is 0 Å². The summed E-state index contributed by atoms with van der Waals surface area (Å²) < 4.78 is 27.9. The summed E-state index contributed by atoms with van der Waals surface area (Å²) in [6.07, 6.45) is 0. The first kappa shape index (κ1) is 13.3. The van der Waals surface area contributed by atoms with Crippen LogP contribution in [-0.2, 0) is 6.54 Å². The van der Waals surface area contributed by atoms with Crippen molar-refractivity contribution >= 4 is 11.4 Å². The molecule has 0 spiro atoms. The molecule has 0 atom stereocenters. The Kier molecular flexibility index (Phi) is 3.66. The minimum absolute atomic E-state index is 0.0312. The standard InChI is InChI=1S/C14H14F2N2O/c1-18(10-3-2-4-11(19)7-10)14-12(15)5-9(8-17)6-13(14)16/h2-7,19H,8,17H2,1H3. The van der Waals surface area contributed by atoms with E-state index in [4.69, 9.17) is 5.73 Å². The molecule has 0 unspecified atom stereocenters. The average molecular weight is 264 g/mol. The predicted octanol–water partition coefficient (Wildman–Crippen LogP) is 2.90. The molecule has 2 aromatic rings. The number of hydrogen-bond acceptors (Lipinski definition) is 3. The number of aromatic hydroxyl groups is 1. The molecule has 0 saturated carbocycles. The highest BCUT2D eigenvalue weighted by Gasteiger charge is 2.16. The van der Waals surface area contributed by atoms with E-state index in [-0.39, 0.29) is 18.0 Å². The van der Waals surface area contributed by atoms with E-state index >= 15 is 0 Å². The highest BCUT2D eigenvalue weighted by atomic mass is 19.1. The number of rotatable bonds is 3. The lowest BCUT2D eigenvalue weighted by Crippen LogP contribution is -2.14. The van der Waals surface area contributed by atoms with Crippen molar-refractivity contribution in [1.82, 2.24) is 0 Å². The lowest BCUT2D eigenvalue weighted by atomic mass is 10.1. The van der Waals surface area contributed by atoms with Crippen molar-refractivity contribution in [3.05, 3.63) is 53.6 Å². The number of anilines is 2. The van der Waals surface area contributed by atoms with Gasteiger partial charge in [-0.25, -0.2) is 8.78 Å². The normalized spacial score (nSPS) is 10.5. The molecule has 0 heterocycles. The average Bonchev–Trinajstić information content (AvgIpc) is 2.37. The van der Waals surface area contributed by atoms with Crippen LogP contribution in [0.3, 0.4) is 0 Å². The maximum atomic E-state index is 13.9. The Balaban J connectivity index is 2.47. The monoisotopic (exact) mass is 264 g/mol. The van der Waals surface area contributed by atoms with Crippen molar-refractivity contribution in [2.75, 3.05) is 11.9 Å². The van der Waals surface area contributed by atoms with Crippen LogP contribution in [0.15, 0.2) is 36.4 Å². The molecule has 0 fully saturated rings. The number of phenols is 1. The summed E-state index contributed by atoms with van der Waals surface area (Å²) in [5.41, 5.74) is 6.06. The lowest BCUT2D eigenvalue weighted by molar-refractivity contribution is 0.475. The maximum absolute atomic E-state index is 13.9. The Morgan fingerprint density at radius 3 is 2.32 bits per heavy atom. The molecule has 100 valence electrons. The van der Waals surface area contributed by atoms with E-state index in [1.165, 1.54) is 36.2 Å². The molecule has 0 aromatic heterocycles. The van der Waals surface area contributed by atoms with Crippen LogP contribution >= 0.6 is 0 Å². The third-order valence-corrected chi connectivity index (χ3v) is 2.86. The van der Waals surface area contributed by atoms with Crippen LogP contribution in [0.4, 0.5) is 20.2 Å². The summed E-state index contributed by atoms with van der Waals surface area (Å²) >= 11 is 0. The molecule has 5 heteroatoms. The highest BCUT2D eigenvalue weighted by Crippen LogP contribution is 2.31. The molecule has 0 aliphatic heterocycles. The number of halogens is 2. The Morgan fingerprint density at radius 1 is 1.16 bits per heavy atom. The van der Waals surface area contributed by atoms with Crippen molar-refractivity contribution in [3.8, 4) is 5.75 Å². The highest BCUT2D eigenvalue weighted by molar-refractivity contribution is 5.65. The molecule has 3 nitrogen and oxygen atoms in total. The summed E-state index contributed by atoms with van der Waals surface area (Å²) in [6, 6.07) is 8.58. The number of nitrogens with two attached hydrogens (primary N) is 1. The molecular weight excluding hydrogens is 250 g/mol. The second-order valence-electron chi connectivity index (χ2n) is 4.19. The van der Waals surface area contributed by atoms with E-state index in [0.29, 0.717) is 11.3 Å². The fourth-order valence-corrected chi connectivity index (χ4v) is 1.89. The number of nitrogens with zero attached hydrogens (tertiary/aromatic N) is 1. The molecule has 0 saturated heterocycles. The van der Waals surface area contributed by atoms with Gasteiger partial charge in [0, 0.05) is 25.3 Å². The molecule has 19 heavy (non-hydrogen) atoms. The van der Waals surface area contributed by atoms with Crippen molar-refractivity contribution in [3.63, 3.8) is 0 Å². The predicted molar refractivity (Wildman–Crippen MR) is 70.4 cm³/mol. The van der Waals surface area contributed by atoms with Crippen molar-refractivity contribution in [2.45, 2.75) is 6.54 Å². The third-order valence-electron chi connectivity index (χ3n) is 2.86. The van der Waals surface area contributed by atoms with Crippen molar-refractivity contribution in [2.24, 2.45) is 5.73 Å². The number of benzene rings is 2. The van der Waals surface area contributed by atoms with Gasteiger partial charge in [0.25, 0.3) is 0 Å². The minimum Gasteiger partial charge on any atom is -0.508 e. The van der Waals surface area contributed by atoms with Gasteiger partial charge >= 0.3 is 0 Å². The SMILES string of the molecule is CN(c1cccc(O)c1)c1c(F)cc(CN)cc1F. The first-order valence-corrected chi connectivity index (χ1v) is 5.73. The molecule has 0 aliphatic carbocycles.